The minimum atomic E-state index is 0.532. The molecule has 2 rings (SSSR count). The van der Waals surface area contributed by atoms with Crippen molar-refractivity contribution >= 4 is 6.29 Å². The molecular weight excluding hydrogens is 266 g/mol. The molecule has 0 saturated heterocycles. The van der Waals surface area contributed by atoms with Crippen LogP contribution in [0.25, 0.3) is 0 Å². The van der Waals surface area contributed by atoms with Crippen molar-refractivity contribution in [2.24, 2.45) is 0 Å². The van der Waals surface area contributed by atoms with Crippen molar-refractivity contribution in [2.75, 3.05) is 20.8 Å². The van der Waals surface area contributed by atoms with Crippen molar-refractivity contribution in [1.29, 1.82) is 0 Å². The van der Waals surface area contributed by atoms with E-state index in [-0.39, 0.29) is 0 Å². The maximum atomic E-state index is 11.0. The average molecular weight is 295 g/mol. The lowest BCUT2D eigenvalue weighted by Gasteiger charge is -2.21. The first-order chi connectivity index (χ1) is 10.2. The number of hydrogen-bond acceptors (Lipinski definition) is 4. The zero-order valence-corrected chi connectivity index (χ0v) is 14.3. The largest absolute Gasteiger partial charge is 0.493 e. The number of fused-ring (bicyclic) bond motifs is 1. The van der Waals surface area contributed by atoms with Crippen molar-refractivity contribution in [3.05, 3.63) is 22.5 Å². The van der Waals surface area contributed by atoms with Gasteiger partial charge in [0.2, 0.25) is 0 Å². The van der Waals surface area contributed by atoms with Crippen LogP contribution in [-0.4, -0.2) is 32.1 Å². The van der Waals surface area contributed by atoms with Gasteiger partial charge in [0.05, 0.1) is 6.61 Å². The summed E-state index contributed by atoms with van der Waals surface area (Å²) in [6, 6.07) is 0. The fourth-order valence-electron chi connectivity index (χ4n) is 2.28. The molecule has 1 aromatic rings. The Labute approximate surface area is 128 Å². The van der Waals surface area contributed by atoms with Gasteiger partial charge in [-0.15, -0.1) is 0 Å². The predicted octanol–water partition coefficient (Wildman–Crippen LogP) is 3.77. The summed E-state index contributed by atoms with van der Waals surface area (Å²) >= 11 is 0. The van der Waals surface area contributed by atoms with Gasteiger partial charge in [-0.25, -0.2) is 4.98 Å². The summed E-state index contributed by atoms with van der Waals surface area (Å²) in [4.78, 5) is 15.4. The maximum Gasteiger partial charge on any atom is 0.168 e. The van der Waals surface area contributed by atoms with Crippen LogP contribution in [0.1, 0.15) is 60.9 Å². The highest BCUT2D eigenvalue weighted by Crippen LogP contribution is 2.32. The summed E-state index contributed by atoms with van der Waals surface area (Å²) in [6.07, 6.45) is 5.17. The van der Waals surface area contributed by atoms with E-state index >= 15 is 0 Å². The summed E-state index contributed by atoms with van der Waals surface area (Å²) < 4.78 is 9.93. The molecule has 1 heterocycles. The van der Waals surface area contributed by atoms with E-state index in [4.69, 9.17) is 4.74 Å². The molecule has 0 N–H and O–H groups in total. The van der Waals surface area contributed by atoms with E-state index in [1.807, 2.05) is 27.7 Å². The van der Waals surface area contributed by atoms with E-state index in [1.54, 1.807) is 14.2 Å². The lowest BCUT2D eigenvalue weighted by atomic mass is 9.93. The SMILES string of the molecule is CC.CCOc1c(C)c(C=O)nc2c1CCCC2.COC. The molecule has 0 amide bonds. The first-order valence-corrected chi connectivity index (χ1v) is 7.70. The molecule has 0 fully saturated rings. The number of aromatic nitrogens is 1. The molecule has 0 aromatic carbocycles. The summed E-state index contributed by atoms with van der Waals surface area (Å²) in [5.74, 6) is 0.898. The third-order valence-corrected chi connectivity index (χ3v) is 3.09. The zero-order valence-electron chi connectivity index (χ0n) is 14.3. The van der Waals surface area contributed by atoms with Gasteiger partial charge in [0.25, 0.3) is 0 Å². The molecule has 0 spiro atoms. The van der Waals surface area contributed by atoms with Crippen LogP contribution in [0.3, 0.4) is 0 Å². The van der Waals surface area contributed by atoms with Crippen LogP contribution in [0.15, 0.2) is 0 Å². The summed E-state index contributed by atoms with van der Waals surface area (Å²) in [5, 5.41) is 0. The zero-order chi connectivity index (χ0) is 16.3. The van der Waals surface area contributed by atoms with Crippen LogP contribution < -0.4 is 4.74 Å². The van der Waals surface area contributed by atoms with Crippen LogP contribution >= 0.6 is 0 Å². The number of nitrogens with zero attached hydrogens (tertiary/aromatic N) is 1. The average Bonchev–Trinajstić information content (AvgIpc) is 2.52. The Morgan fingerprint density at radius 2 is 1.76 bits per heavy atom. The number of aryl methyl sites for hydroxylation is 1. The number of pyridine rings is 1. The maximum absolute atomic E-state index is 11.0. The van der Waals surface area contributed by atoms with E-state index in [0.717, 1.165) is 42.6 Å². The Hall–Kier alpha value is -1.42. The fraction of sp³-hybridized carbons (Fsp3) is 0.647. The van der Waals surface area contributed by atoms with E-state index in [2.05, 4.69) is 9.72 Å². The second kappa shape index (κ2) is 11.3. The van der Waals surface area contributed by atoms with Gasteiger partial charge < -0.3 is 9.47 Å². The summed E-state index contributed by atoms with van der Waals surface area (Å²) in [5.41, 5.74) is 3.69. The highest BCUT2D eigenvalue weighted by Gasteiger charge is 2.20. The summed E-state index contributed by atoms with van der Waals surface area (Å²) in [7, 11) is 3.25. The second-order valence-electron chi connectivity index (χ2n) is 4.54. The van der Waals surface area contributed by atoms with Crippen LogP contribution in [0.5, 0.6) is 5.75 Å². The Morgan fingerprint density at radius 1 is 1.19 bits per heavy atom. The summed E-state index contributed by atoms with van der Waals surface area (Å²) in [6.45, 7) is 8.52. The van der Waals surface area contributed by atoms with Crippen molar-refractivity contribution in [1.82, 2.24) is 4.98 Å². The Balaban J connectivity index is 0.000000713. The topological polar surface area (TPSA) is 48.4 Å². The standard InChI is InChI=1S/C13H17NO2.C2H6O.C2H6/c1-3-16-13-9(2)12(8-15)14-11-7-5-4-6-10(11)13;1-3-2;1-2/h8H,3-7H2,1-2H3;1-2H3;1-2H3. The first kappa shape index (κ1) is 19.6. The van der Waals surface area contributed by atoms with Crippen molar-refractivity contribution < 1.29 is 14.3 Å². The molecule has 21 heavy (non-hydrogen) atoms. The lowest BCUT2D eigenvalue weighted by Crippen LogP contribution is -2.12. The number of carbonyl (C=O) groups excluding carboxylic acids is 1. The van der Waals surface area contributed by atoms with Gasteiger partial charge in [0.15, 0.2) is 6.29 Å². The Bertz CT molecular complexity index is 431. The highest BCUT2D eigenvalue weighted by atomic mass is 16.5. The van der Waals surface area contributed by atoms with E-state index < -0.39 is 0 Å². The van der Waals surface area contributed by atoms with Crippen molar-refractivity contribution in [3.8, 4) is 5.75 Å². The van der Waals surface area contributed by atoms with E-state index in [1.165, 1.54) is 12.0 Å². The predicted molar refractivity (Wildman–Crippen MR) is 86.5 cm³/mol. The van der Waals surface area contributed by atoms with Gasteiger partial charge in [-0.05, 0) is 39.5 Å². The first-order valence-electron chi connectivity index (χ1n) is 7.70. The molecule has 120 valence electrons. The van der Waals surface area contributed by atoms with E-state index in [0.29, 0.717) is 12.3 Å². The van der Waals surface area contributed by atoms with Gasteiger partial charge >= 0.3 is 0 Å². The number of ether oxygens (including phenoxy) is 2. The molecule has 4 heteroatoms. The van der Waals surface area contributed by atoms with Gasteiger partial charge in [0.1, 0.15) is 11.4 Å². The molecule has 0 atom stereocenters. The number of carbonyl (C=O) groups is 1. The van der Waals surface area contributed by atoms with Crippen molar-refractivity contribution in [3.63, 3.8) is 0 Å². The van der Waals surface area contributed by atoms with Gasteiger partial charge in [-0.1, -0.05) is 13.8 Å². The molecule has 1 aliphatic rings. The Morgan fingerprint density at radius 3 is 2.29 bits per heavy atom. The van der Waals surface area contributed by atoms with Crippen LogP contribution in [0.4, 0.5) is 0 Å². The quantitative estimate of drug-likeness (QED) is 0.796. The van der Waals surface area contributed by atoms with Crippen LogP contribution in [-0.2, 0) is 17.6 Å². The molecule has 0 saturated carbocycles. The Kier molecular flexibility index (Phi) is 10.5. The van der Waals surface area contributed by atoms with Gasteiger partial charge in [-0.3, -0.25) is 4.79 Å². The molecular formula is C17H29NO3. The van der Waals surface area contributed by atoms with Gasteiger partial charge in [0, 0.05) is 31.0 Å². The fourth-order valence-corrected chi connectivity index (χ4v) is 2.28. The molecule has 4 nitrogen and oxygen atoms in total. The second-order valence-corrected chi connectivity index (χ2v) is 4.54. The van der Waals surface area contributed by atoms with Gasteiger partial charge in [-0.2, -0.15) is 0 Å². The minimum Gasteiger partial charge on any atom is -0.493 e. The number of rotatable bonds is 3. The van der Waals surface area contributed by atoms with Crippen molar-refractivity contribution in [2.45, 2.75) is 53.4 Å². The molecule has 0 aliphatic heterocycles. The number of aldehydes is 1. The third-order valence-electron chi connectivity index (χ3n) is 3.09. The van der Waals surface area contributed by atoms with E-state index in [9.17, 15) is 4.79 Å². The highest BCUT2D eigenvalue weighted by molar-refractivity contribution is 5.76. The smallest absolute Gasteiger partial charge is 0.168 e. The molecule has 0 unspecified atom stereocenters. The normalized spacial score (nSPS) is 12.1. The number of methoxy groups -OCH3 is 1. The minimum absolute atomic E-state index is 0.532. The molecule has 0 bridgehead atoms. The van der Waals surface area contributed by atoms with Crippen LogP contribution in [0.2, 0.25) is 0 Å². The monoisotopic (exact) mass is 295 g/mol. The molecule has 1 aromatic heterocycles. The van der Waals surface area contributed by atoms with Crippen LogP contribution in [0, 0.1) is 6.92 Å². The number of hydrogen-bond donors (Lipinski definition) is 0. The molecule has 1 aliphatic carbocycles. The third kappa shape index (κ3) is 5.46. The lowest BCUT2D eigenvalue weighted by molar-refractivity contribution is 0.111. The molecule has 0 radical (unpaired) electrons.